The Morgan fingerprint density at radius 3 is 2.49 bits per heavy atom. The molecule has 0 aliphatic heterocycles. The van der Waals surface area contributed by atoms with Crippen molar-refractivity contribution < 1.29 is 4.42 Å². The topological polar surface area (TPSA) is 18.1 Å². The molecule has 0 bridgehead atoms. The molecular formula is C35H23NO. The Hall–Kier alpha value is -4.82. The van der Waals surface area contributed by atoms with Gasteiger partial charge in [-0.2, -0.15) is 0 Å². The Balaban J connectivity index is 1.41. The van der Waals surface area contributed by atoms with Gasteiger partial charge in [-0.1, -0.05) is 91.0 Å². The fourth-order valence-electron chi connectivity index (χ4n) is 5.99. The highest BCUT2D eigenvalue weighted by Crippen LogP contribution is 2.41. The molecule has 2 heterocycles. The van der Waals surface area contributed by atoms with Crippen molar-refractivity contribution >= 4 is 49.7 Å². The van der Waals surface area contributed by atoms with Crippen molar-refractivity contribution in [3.8, 4) is 16.8 Å². The van der Waals surface area contributed by atoms with Crippen LogP contribution in [0.3, 0.4) is 0 Å². The van der Waals surface area contributed by atoms with E-state index in [4.69, 9.17) is 4.42 Å². The number of furan rings is 1. The zero-order valence-corrected chi connectivity index (χ0v) is 20.2. The van der Waals surface area contributed by atoms with E-state index in [0.717, 1.165) is 28.5 Å². The van der Waals surface area contributed by atoms with E-state index in [1.807, 2.05) is 0 Å². The molecule has 37 heavy (non-hydrogen) atoms. The first-order chi connectivity index (χ1) is 18.4. The second-order valence-electron chi connectivity index (χ2n) is 9.70. The van der Waals surface area contributed by atoms with Gasteiger partial charge >= 0.3 is 0 Å². The molecule has 2 heteroatoms. The first-order valence-electron chi connectivity index (χ1n) is 12.8. The number of hydrogen-bond acceptors (Lipinski definition) is 1. The molecule has 0 saturated heterocycles. The third kappa shape index (κ3) is 2.99. The number of nitrogens with zero attached hydrogens (tertiary/aromatic N) is 1. The van der Waals surface area contributed by atoms with Crippen LogP contribution in [-0.4, -0.2) is 4.57 Å². The van der Waals surface area contributed by atoms with Crippen molar-refractivity contribution in [3.63, 3.8) is 0 Å². The van der Waals surface area contributed by atoms with Gasteiger partial charge in [0.2, 0.25) is 0 Å². The Labute approximate surface area is 214 Å². The summed E-state index contributed by atoms with van der Waals surface area (Å²) in [6.07, 6.45) is 9.67. The summed E-state index contributed by atoms with van der Waals surface area (Å²) < 4.78 is 8.92. The third-order valence-corrected chi connectivity index (χ3v) is 7.65. The van der Waals surface area contributed by atoms with Gasteiger partial charge in [0, 0.05) is 27.4 Å². The summed E-state index contributed by atoms with van der Waals surface area (Å²) in [6, 6.07) is 36.8. The summed E-state index contributed by atoms with van der Waals surface area (Å²) >= 11 is 0. The maximum atomic E-state index is 6.54. The predicted octanol–water partition coefficient (Wildman–Crippen LogP) is 9.48. The van der Waals surface area contributed by atoms with Crippen LogP contribution in [0, 0.1) is 0 Å². The number of hydrogen-bond donors (Lipinski definition) is 0. The summed E-state index contributed by atoms with van der Waals surface area (Å²) in [5.74, 6) is 0. The van der Waals surface area contributed by atoms with E-state index in [1.54, 1.807) is 0 Å². The monoisotopic (exact) mass is 473 g/mol. The summed E-state index contributed by atoms with van der Waals surface area (Å²) in [5.41, 5.74) is 9.18. The van der Waals surface area contributed by atoms with E-state index in [2.05, 4.69) is 132 Å². The van der Waals surface area contributed by atoms with Crippen LogP contribution in [-0.2, 0) is 6.42 Å². The molecule has 0 atom stereocenters. The normalized spacial score (nSPS) is 13.1. The lowest BCUT2D eigenvalue weighted by Crippen LogP contribution is -1.97. The minimum Gasteiger partial charge on any atom is -0.455 e. The number of benzene rings is 5. The predicted molar refractivity (Wildman–Crippen MR) is 155 cm³/mol. The molecule has 8 rings (SSSR count). The van der Waals surface area contributed by atoms with Crippen LogP contribution in [0.1, 0.15) is 11.3 Å². The van der Waals surface area contributed by atoms with Crippen LogP contribution in [0.25, 0.3) is 66.5 Å². The summed E-state index contributed by atoms with van der Waals surface area (Å²) in [5, 5.41) is 6.10. The van der Waals surface area contributed by atoms with Crippen LogP contribution < -0.4 is 0 Å². The lowest BCUT2D eigenvalue weighted by molar-refractivity contribution is 0.670. The minimum absolute atomic E-state index is 0.906. The van der Waals surface area contributed by atoms with Crippen molar-refractivity contribution in [2.24, 2.45) is 0 Å². The van der Waals surface area contributed by atoms with Crippen LogP contribution >= 0.6 is 0 Å². The molecule has 5 aromatic carbocycles. The number of allylic oxidation sites excluding steroid dienone is 3. The number of rotatable bonds is 2. The van der Waals surface area contributed by atoms with Crippen molar-refractivity contribution in [2.75, 3.05) is 0 Å². The molecule has 2 aromatic heterocycles. The van der Waals surface area contributed by atoms with E-state index in [9.17, 15) is 0 Å². The minimum atomic E-state index is 0.906. The van der Waals surface area contributed by atoms with E-state index in [-0.39, 0.29) is 0 Å². The smallest absolute Gasteiger partial charge is 0.143 e. The zero-order chi connectivity index (χ0) is 24.3. The molecule has 0 saturated carbocycles. The van der Waals surface area contributed by atoms with Gasteiger partial charge in [0.25, 0.3) is 0 Å². The number of aromatic nitrogens is 1. The zero-order valence-electron chi connectivity index (χ0n) is 20.2. The van der Waals surface area contributed by atoms with Crippen LogP contribution in [0.15, 0.2) is 126 Å². The fourth-order valence-corrected chi connectivity index (χ4v) is 5.99. The maximum absolute atomic E-state index is 6.54. The van der Waals surface area contributed by atoms with Gasteiger partial charge in [-0.05, 0) is 64.7 Å². The van der Waals surface area contributed by atoms with Gasteiger partial charge in [-0.25, -0.2) is 0 Å². The third-order valence-electron chi connectivity index (χ3n) is 7.65. The second kappa shape index (κ2) is 7.84. The molecule has 0 spiro atoms. The Morgan fingerprint density at radius 2 is 1.54 bits per heavy atom. The van der Waals surface area contributed by atoms with Gasteiger partial charge in [-0.3, -0.25) is 0 Å². The molecule has 1 aliphatic rings. The van der Waals surface area contributed by atoms with Crippen LogP contribution in [0.5, 0.6) is 0 Å². The molecule has 2 nitrogen and oxygen atoms in total. The van der Waals surface area contributed by atoms with Crippen molar-refractivity contribution in [3.05, 3.63) is 133 Å². The average Bonchev–Trinajstić information content (AvgIpc) is 3.38. The summed E-state index contributed by atoms with van der Waals surface area (Å²) in [7, 11) is 0. The van der Waals surface area contributed by atoms with Crippen molar-refractivity contribution in [2.45, 2.75) is 6.42 Å². The molecule has 7 aromatic rings. The van der Waals surface area contributed by atoms with Gasteiger partial charge in [0.15, 0.2) is 0 Å². The molecule has 0 fully saturated rings. The molecule has 174 valence electrons. The second-order valence-corrected chi connectivity index (χ2v) is 9.70. The first kappa shape index (κ1) is 20.4. The number of para-hydroxylation sites is 2. The fraction of sp³-hybridized carbons (Fsp3) is 0.0286. The van der Waals surface area contributed by atoms with Crippen LogP contribution in [0.2, 0.25) is 0 Å². The first-order valence-corrected chi connectivity index (χ1v) is 12.8. The van der Waals surface area contributed by atoms with Crippen molar-refractivity contribution in [1.29, 1.82) is 0 Å². The highest BCUT2D eigenvalue weighted by Gasteiger charge is 2.19. The Kier molecular flexibility index (Phi) is 4.32. The molecular weight excluding hydrogens is 450 g/mol. The van der Waals surface area contributed by atoms with Gasteiger partial charge < -0.3 is 8.98 Å². The standard InChI is InChI=1S/C35H23NO/c1-3-11-25(12-4-1)36-31-17-6-2-5-14-28(31)30-22-24(18-20-32(30)36)27-15-9-16-29-34-26-13-8-7-10-23(26)19-21-33(34)37-35(27)29/h1-13,15-22H,14H2. The lowest BCUT2D eigenvalue weighted by Gasteiger charge is -2.09. The molecule has 0 unspecified atom stereocenters. The molecule has 1 aliphatic carbocycles. The molecule has 0 amide bonds. The number of fused-ring (bicyclic) bond motifs is 8. The lowest BCUT2D eigenvalue weighted by atomic mass is 9.98. The van der Waals surface area contributed by atoms with Gasteiger partial charge in [0.05, 0.1) is 11.2 Å². The van der Waals surface area contributed by atoms with E-state index in [0.29, 0.717) is 0 Å². The SMILES string of the molecule is C1=CCc2c(n(-c3ccccc3)c3ccc(-c4cccc5c4oc4ccc6ccccc6c45)cc23)C=C1. The largest absolute Gasteiger partial charge is 0.455 e. The van der Waals surface area contributed by atoms with E-state index < -0.39 is 0 Å². The highest BCUT2D eigenvalue weighted by molar-refractivity contribution is 6.20. The van der Waals surface area contributed by atoms with Gasteiger partial charge in [-0.15, -0.1) is 0 Å². The maximum Gasteiger partial charge on any atom is 0.143 e. The Morgan fingerprint density at radius 1 is 0.676 bits per heavy atom. The summed E-state index contributed by atoms with van der Waals surface area (Å²) in [6.45, 7) is 0. The quantitative estimate of drug-likeness (QED) is 0.244. The van der Waals surface area contributed by atoms with Crippen LogP contribution in [0.4, 0.5) is 0 Å². The Bertz CT molecular complexity index is 2050. The van der Waals surface area contributed by atoms with E-state index in [1.165, 1.54) is 49.6 Å². The van der Waals surface area contributed by atoms with E-state index >= 15 is 0 Å². The summed E-state index contributed by atoms with van der Waals surface area (Å²) in [4.78, 5) is 0. The van der Waals surface area contributed by atoms with Gasteiger partial charge in [0.1, 0.15) is 11.2 Å². The highest BCUT2D eigenvalue weighted by atomic mass is 16.3. The van der Waals surface area contributed by atoms with Crippen molar-refractivity contribution in [1.82, 2.24) is 4.57 Å². The molecule has 0 radical (unpaired) electrons. The average molecular weight is 474 g/mol. The molecule has 0 N–H and O–H groups in total.